The minimum Gasteiger partial charge on any atom is -0.759 e. The van der Waals surface area contributed by atoms with E-state index in [4.69, 9.17) is 17.5 Å². The van der Waals surface area contributed by atoms with Crippen molar-refractivity contribution in [2.45, 2.75) is 168 Å². The molecule has 2 rings (SSSR count). The van der Waals surface area contributed by atoms with E-state index in [0.29, 0.717) is 0 Å². The van der Waals surface area contributed by atoms with Crippen LogP contribution in [0.5, 0.6) is 0 Å². The first-order valence-corrected chi connectivity index (χ1v) is 18.8. The van der Waals surface area contributed by atoms with Crippen LogP contribution in [0.3, 0.4) is 0 Å². The molecule has 248 valence electrons. The van der Waals surface area contributed by atoms with Gasteiger partial charge in [0.1, 0.15) is 0 Å². The third kappa shape index (κ3) is 36.3. The highest BCUT2D eigenvalue weighted by Gasteiger charge is 2.00. The summed E-state index contributed by atoms with van der Waals surface area (Å²) >= 11 is 0. The summed E-state index contributed by atoms with van der Waals surface area (Å²) in [4.78, 5) is 6.61. The highest BCUT2D eigenvalue weighted by molar-refractivity contribution is 7.79. The van der Waals surface area contributed by atoms with Crippen molar-refractivity contribution in [3.63, 3.8) is 0 Å². The zero-order chi connectivity index (χ0) is 31.7. The summed E-state index contributed by atoms with van der Waals surface area (Å²) in [7, 11) is -5.17. The van der Waals surface area contributed by atoms with E-state index in [1.54, 1.807) is 0 Å². The van der Waals surface area contributed by atoms with E-state index < -0.39 is 10.4 Å². The number of aryl methyl sites for hydroxylation is 2. The molecule has 0 aliphatic heterocycles. The van der Waals surface area contributed by atoms with Gasteiger partial charge in [0.2, 0.25) is 0 Å². The molecule has 0 bridgehead atoms. The fourth-order valence-corrected chi connectivity index (χ4v) is 5.13. The summed E-state index contributed by atoms with van der Waals surface area (Å²) in [5, 5.41) is 0. The quantitative estimate of drug-likeness (QED) is 0.0661. The molecule has 2 aromatic heterocycles. The minimum absolute atomic E-state index is 1.21. The van der Waals surface area contributed by atoms with Crippen molar-refractivity contribution in [3.05, 3.63) is 60.2 Å². The lowest BCUT2D eigenvalue weighted by atomic mass is 10.0. The molecule has 0 radical (unpaired) electrons. The molecule has 0 aliphatic carbocycles. The van der Waals surface area contributed by atoms with Gasteiger partial charge in [-0.3, -0.25) is 8.42 Å². The Labute approximate surface area is 265 Å². The molecule has 2 N–H and O–H groups in total. The number of rotatable bonds is 24. The first-order valence-electron chi connectivity index (χ1n) is 17.4. The van der Waals surface area contributed by atoms with Gasteiger partial charge in [0, 0.05) is 47.5 Å². The Balaban J connectivity index is 0.000000709. The van der Waals surface area contributed by atoms with Gasteiger partial charge in [-0.2, -0.15) is 0 Å². The van der Waals surface area contributed by atoms with E-state index in [9.17, 15) is 0 Å². The lowest BCUT2D eigenvalue weighted by Gasteiger charge is -2.06. The van der Waals surface area contributed by atoms with Gasteiger partial charge < -0.3 is 9.11 Å². The zero-order valence-electron chi connectivity index (χ0n) is 27.6. The van der Waals surface area contributed by atoms with E-state index in [-0.39, 0.29) is 0 Å². The molecule has 0 aromatic carbocycles. The second-order valence-electron chi connectivity index (χ2n) is 11.8. The van der Waals surface area contributed by atoms with Crippen molar-refractivity contribution >= 4 is 10.4 Å². The van der Waals surface area contributed by atoms with E-state index in [2.05, 4.69) is 48.1 Å². The van der Waals surface area contributed by atoms with Gasteiger partial charge in [0.15, 0.2) is 23.8 Å². The molecule has 0 aliphatic rings. The number of nitrogens with one attached hydrogen (secondary N) is 2. The first-order chi connectivity index (χ1) is 20.9. The molecule has 7 heteroatoms. The van der Waals surface area contributed by atoms with Crippen molar-refractivity contribution in [1.29, 1.82) is 0 Å². The second-order valence-corrected chi connectivity index (χ2v) is 12.6. The molecule has 0 saturated heterocycles. The van der Waals surface area contributed by atoms with Crippen LogP contribution in [-0.2, 0) is 23.2 Å². The average Bonchev–Trinajstić information content (AvgIpc) is 2.99. The molecule has 0 unspecified atom stereocenters. The number of aromatic nitrogens is 2. The summed E-state index contributed by atoms with van der Waals surface area (Å²) in [6.07, 6.45) is 37.7. The standard InChI is InChI=1S/2C18H31N.H2O4S/c2*1-2-3-4-5-6-7-8-9-10-11-12-15-18-16-13-14-17-19-18;1-5(2,3)4/h2*13-14,16-17H,2-12,15H2,1H3;(H2,1,2,3,4). The van der Waals surface area contributed by atoms with Gasteiger partial charge >= 0.3 is 0 Å². The third-order valence-electron chi connectivity index (χ3n) is 7.65. The van der Waals surface area contributed by atoms with E-state index in [0.717, 1.165) is 0 Å². The highest BCUT2D eigenvalue weighted by atomic mass is 32.3. The normalized spacial score (nSPS) is 10.9. The summed E-state index contributed by atoms with van der Waals surface area (Å²) in [5.41, 5.74) is 2.75. The van der Waals surface area contributed by atoms with Crippen LogP contribution >= 0.6 is 0 Å². The molecule has 6 nitrogen and oxygen atoms in total. The maximum atomic E-state index is 8.52. The van der Waals surface area contributed by atoms with Crippen LogP contribution in [0.2, 0.25) is 0 Å². The van der Waals surface area contributed by atoms with Crippen LogP contribution in [0.4, 0.5) is 0 Å². The van der Waals surface area contributed by atoms with Gasteiger partial charge in [-0.15, -0.1) is 0 Å². The van der Waals surface area contributed by atoms with Crippen molar-refractivity contribution in [3.8, 4) is 0 Å². The fourth-order valence-electron chi connectivity index (χ4n) is 5.13. The Morgan fingerprint density at radius 2 is 0.721 bits per heavy atom. The van der Waals surface area contributed by atoms with Crippen LogP contribution < -0.4 is 9.97 Å². The summed E-state index contributed by atoms with van der Waals surface area (Å²) in [6, 6.07) is 12.7. The Hall–Kier alpha value is -1.83. The van der Waals surface area contributed by atoms with Crippen molar-refractivity contribution < 1.29 is 27.5 Å². The maximum absolute atomic E-state index is 8.52. The van der Waals surface area contributed by atoms with Crippen molar-refractivity contribution in [2.24, 2.45) is 0 Å². The van der Waals surface area contributed by atoms with Crippen molar-refractivity contribution in [1.82, 2.24) is 0 Å². The number of H-pyrrole nitrogens is 2. The SMILES string of the molecule is CCCCCCCCCCCCCc1cccc[nH+]1.CCCCCCCCCCCCCc1cccc[nH+]1.O=S(=O)([O-])[O-]. The van der Waals surface area contributed by atoms with E-state index >= 15 is 0 Å². The zero-order valence-corrected chi connectivity index (χ0v) is 28.4. The maximum Gasteiger partial charge on any atom is 0.179 e. The lowest BCUT2D eigenvalue weighted by Crippen LogP contribution is -2.08. The molecular weight excluding hydrogens is 556 g/mol. The summed E-state index contributed by atoms with van der Waals surface area (Å²) < 4.78 is 34.1. The molecule has 2 heterocycles. The first kappa shape index (κ1) is 41.2. The van der Waals surface area contributed by atoms with Gasteiger partial charge in [-0.05, 0) is 12.8 Å². The minimum atomic E-state index is -5.17. The van der Waals surface area contributed by atoms with Crippen LogP contribution in [0, 0.1) is 0 Å². The predicted molar refractivity (Wildman–Crippen MR) is 177 cm³/mol. The highest BCUT2D eigenvalue weighted by Crippen LogP contribution is 2.13. The smallest absolute Gasteiger partial charge is 0.179 e. The molecule has 0 fully saturated rings. The summed E-state index contributed by atoms with van der Waals surface area (Å²) in [6.45, 7) is 4.57. The number of unbranched alkanes of at least 4 members (excludes halogenated alkanes) is 20. The van der Waals surface area contributed by atoms with Gasteiger partial charge in [0.25, 0.3) is 0 Å². The average molecular weight is 621 g/mol. The van der Waals surface area contributed by atoms with Gasteiger partial charge in [0.05, 0.1) is 0 Å². The molecule has 0 saturated carbocycles. The molecular formula is C36H64N2O4S. The Bertz CT molecular complexity index is 842. The Morgan fingerprint density at radius 1 is 0.465 bits per heavy atom. The lowest BCUT2D eigenvalue weighted by molar-refractivity contribution is -0.390. The van der Waals surface area contributed by atoms with Crippen LogP contribution in [0.15, 0.2) is 48.8 Å². The molecule has 0 atom stereocenters. The molecule has 0 amide bonds. The predicted octanol–water partition coefficient (Wildman–Crippen LogP) is 9.37. The van der Waals surface area contributed by atoms with Gasteiger partial charge in [-0.1, -0.05) is 154 Å². The van der Waals surface area contributed by atoms with Crippen molar-refractivity contribution in [2.75, 3.05) is 0 Å². The second kappa shape index (κ2) is 31.6. The fraction of sp³-hybridized carbons (Fsp3) is 0.722. The van der Waals surface area contributed by atoms with Gasteiger partial charge in [-0.25, -0.2) is 9.97 Å². The number of aromatic amines is 2. The summed E-state index contributed by atoms with van der Waals surface area (Å²) in [5.74, 6) is 0. The molecule has 2 aromatic rings. The molecule has 43 heavy (non-hydrogen) atoms. The number of hydrogen-bond acceptors (Lipinski definition) is 4. The molecule has 0 spiro atoms. The number of hydrogen-bond donors (Lipinski definition) is 0. The van der Waals surface area contributed by atoms with E-state index in [1.807, 2.05) is 24.5 Å². The monoisotopic (exact) mass is 620 g/mol. The Kier molecular flexibility index (Phi) is 30.2. The van der Waals surface area contributed by atoms with E-state index in [1.165, 1.54) is 165 Å². The Morgan fingerprint density at radius 3 is 0.953 bits per heavy atom. The number of pyridine rings is 2. The van der Waals surface area contributed by atoms with Crippen LogP contribution in [0.25, 0.3) is 0 Å². The topological polar surface area (TPSA) is 109 Å². The van der Waals surface area contributed by atoms with Crippen LogP contribution in [0.1, 0.15) is 166 Å². The largest absolute Gasteiger partial charge is 0.759 e. The third-order valence-corrected chi connectivity index (χ3v) is 7.65. The van der Waals surface area contributed by atoms with Crippen LogP contribution in [-0.4, -0.2) is 17.5 Å².